The average molecular weight is 664 g/mol. The number of allylic oxidation sites excluding steroid dienone is 4. The minimum atomic E-state index is 0.0975. The van der Waals surface area contributed by atoms with E-state index in [1.165, 1.54) is 24.9 Å². The highest BCUT2D eigenvalue weighted by Gasteiger charge is 2.21. The van der Waals surface area contributed by atoms with E-state index in [1.807, 2.05) is 34.6 Å². The number of aryl methyl sites for hydroxylation is 1. The number of anilines is 1. The molecule has 0 aromatic heterocycles. The fraction of sp³-hybridized carbons (Fsp3) is 0.707. The predicted octanol–water partition coefficient (Wildman–Crippen LogP) is 12.9. The van der Waals surface area contributed by atoms with Crippen LogP contribution in [0, 0.1) is 12.8 Å². The number of nitrogens with one attached hydrogen (secondary N) is 1. The smallest absolute Gasteiger partial charge is 0.160 e. The zero-order valence-corrected chi connectivity index (χ0v) is 33.6. The van der Waals surface area contributed by atoms with Crippen molar-refractivity contribution >= 4 is 28.9 Å². The van der Waals surface area contributed by atoms with E-state index >= 15 is 0 Å². The minimum Gasteiger partial charge on any atom is -0.381 e. The van der Waals surface area contributed by atoms with Gasteiger partial charge in [0.1, 0.15) is 0 Å². The van der Waals surface area contributed by atoms with Crippen molar-refractivity contribution in [2.24, 2.45) is 5.92 Å². The van der Waals surface area contributed by atoms with Crippen LogP contribution in [0.5, 0.6) is 0 Å². The van der Waals surface area contributed by atoms with Crippen LogP contribution in [0.2, 0.25) is 5.02 Å². The molecule has 0 saturated carbocycles. The van der Waals surface area contributed by atoms with E-state index in [1.54, 1.807) is 6.92 Å². The van der Waals surface area contributed by atoms with Gasteiger partial charge in [0, 0.05) is 30.3 Å². The van der Waals surface area contributed by atoms with E-state index < -0.39 is 0 Å². The first-order chi connectivity index (χ1) is 21.9. The number of hydrogen-bond donors (Lipinski definition) is 1. The Hall–Kier alpha value is -2.07. The van der Waals surface area contributed by atoms with Gasteiger partial charge in [-0.3, -0.25) is 9.59 Å². The number of carbonyl (C=O) groups excluding carboxylic acids is 2. The third kappa shape index (κ3) is 20.2. The molecule has 1 aliphatic carbocycles. The van der Waals surface area contributed by atoms with Gasteiger partial charge in [-0.25, -0.2) is 0 Å². The summed E-state index contributed by atoms with van der Waals surface area (Å²) in [7, 11) is 0. The predicted molar refractivity (Wildman–Crippen MR) is 209 cm³/mol. The summed E-state index contributed by atoms with van der Waals surface area (Å²) < 4.78 is 0. The number of rotatable bonds is 14. The molecule has 0 saturated heterocycles. The quantitative estimate of drug-likeness (QED) is 0.201. The number of Topliss-reactive ketones (excluding diaryl/α,β-unsaturated/α-hetero) is 2. The van der Waals surface area contributed by atoms with Crippen molar-refractivity contribution in [3.05, 3.63) is 51.2 Å². The van der Waals surface area contributed by atoms with E-state index in [-0.39, 0.29) is 17.5 Å². The van der Waals surface area contributed by atoms with Gasteiger partial charge in [0.05, 0.1) is 17.3 Å². The van der Waals surface area contributed by atoms with Crippen LogP contribution in [0.25, 0.3) is 0 Å². The molecule has 5 heteroatoms. The topological polar surface area (TPSA) is 49.4 Å². The van der Waals surface area contributed by atoms with E-state index in [4.69, 9.17) is 11.6 Å². The fourth-order valence-electron chi connectivity index (χ4n) is 4.69. The first kappa shape index (κ1) is 48.3. The molecule has 2 rings (SSSR count). The summed E-state index contributed by atoms with van der Waals surface area (Å²) in [4.78, 5) is 26.5. The van der Waals surface area contributed by atoms with Crippen LogP contribution in [0.4, 0.5) is 5.69 Å². The van der Waals surface area contributed by atoms with Gasteiger partial charge >= 0.3 is 0 Å². The molecule has 0 heterocycles. The molecule has 0 amide bonds. The molecule has 0 spiro atoms. The van der Waals surface area contributed by atoms with Crippen LogP contribution in [0.15, 0.2) is 40.6 Å². The summed E-state index contributed by atoms with van der Waals surface area (Å²) in [6.07, 6.45) is 12.1. The standard InChI is InChI=1S/C19H31NO2.C13H20ClN.C4H10.C3H8.C2H6/c1-6-13(3)18(22)12-20-17-11-9-8-10-16(17)19(15(5)21)14(4)7-2;1-4-9-15(10-5-2)12-8-6-7-11(3)13(12)14;1-3-4-2;1-3-2;1-2/h13,20H,6-12H2,1-5H3;6-8H,4-5,9-10H2,1-3H3;3-4H2,1-2H3;3H2,1-2H3;1-2H3. The average Bonchev–Trinajstić information content (AvgIpc) is 3.06. The summed E-state index contributed by atoms with van der Waals surface area (Å²) >= 11 is 6.32. The molecule has 0 aliphatic heterocycles. The molecule has 0 fully saturated rings. The number of benzene rings is 1. The Morgan fingerprint density at radius 1 is 0.870 bits per heavy atom. The first-order valence-electron chi connectivity index (χ1n) is 18.6. The number of ketones is 2. The molecule has 46 heavy (non-hydrogen) atoms. The van der Waals surface area contributed by atoms with Gasteiger partial charge in [-0.1, -0.05) is 125 Å². The van der Waals surface area contributed by atoms with Crippen LogP contribution in [-0.4, -0.2) is 31.2 Å². The zero-order valence-electron chi connectivity index (χ0n) is 32.9. The second-order valence-electron chi connectivity index (χ2n) is 12.0. The van der Waals surface area contributed by atoms with Crippen LogP contribution in [0.3, 0.4) is 0 Å². The lowest BCUT2D eigenvalue weighted by molar-refractivity contribution is -0.121. The number of halogens is 1. The maximum absolute atomic E-state index is 12.1. The van der Waals surface area contributed by atoms with Crippen LogP contribution in [-0.2, 0) is 9.59 Å². The van der Waals surface area contributed by atoms with Gasteiger partial charge in [-0.05, 0) is 89.3 Å². The molecular weight excluding hydrogens is 588 g/mol. The van der Waals surface area contributed by atoms with E-state index in [9.17, 15) is 9.59 Å². The highest BCUT2D eigenvalue weighted by atomic mass is 35.5. The second-order valence-corrected chi connectivity index (χ2v) is 12.3. The minimum absolute atomic E-state index is 0.0975. The Morgan fingerprint density at radius 2 is 1.39 bits per heavy atom. The molecule has 1 aromatic rings. The van der Waals surface area contributed by atoms with Gasteiger partial charge < -0.3 is 10.2 Å². The van der Waals surface area contributed by atoms with Crippen LogP contribution >= 0.6 is 11.6 Å². The Labute approximate surface area is 292 Å². The second kappa shape index (κ2) is 31.5. The van der Waals surface area contributed by atoms with Crippen molar-refractivity contribution < 1.29 is 9.59 Å². The van der Waals surface area contributed by atoms with Gasteiger partial charge in [0.25, 0.3) is 0 Å². The molecule has 4 nitrogen and oxygen atoms in total. The lowest BCUT2D eigenvalue weighted by atomic mass is 9.86. The van der Waals surface area contributed by atoms with Gasteiger partial charge in [-0.2, -0.15) is 0 Å². The van der Waals surface area contributed by atoms with Crippen molar-refractivity contribution in [3.8, 4) is 0 Å². The molecule has 0 radical (unpaired) electrons. The highest BCUT2D eigenvalue weighted by Crippen LogP contribution is 2.32. The molecule has 1 N–H and O–H groups in total. The molecule has 1 aliphatic rings. The number of unbranched alkanes of at least 4 members (excludes halogenated alkanes) is 1. The number of hydrogen-bond acceptors (Lipinski definition) is 4. The normalized spacial score (nSPS) is 13.1. The van der Waals surface area contributed by atoms with Crippen molar-refractivity contribution in [2.75, 3.05) is 24.5 Å². The van der Waals surface area contributed by atoms with Crippen LogP contribution in [0.1, 0.15) is 166 Å². The van der Waals surface area contributed by atoms with Crippen molar-refractivity contribution in [2.45, 2.75) is 168 Å². The van der Waals surface area contributed by atoms with E-state index in [0.29, 0.717) is 6.54 Å². The Morgan fingerprint density at radius 3 is 1.83 bits per heavy atom. The SMILES string of the molecule is CC.CCC.CCC(C)=C(C(C)=O)C1=C(NCC(=O)C(C)CC)CCCC1.CCCC.CCCN(CCC)c1cccc(C)c1Cl. The molecule has 1 aromatic carbocycles. The largest absolute Gasteiger partial charge is 0.381 e. The third-order valence-electron chi connectivity index (χ3n) is 7.72. The molecule has 1 unspecified atom stereocenters. The number of nitrogens with zero attached hydrogens (tertiary/aromatic N) is 1. The summed E-state index contributed by atoms with van der Waals surface area (Å²) in [6.45, 7) is 31.4. The first-order valence-corrected chi connectivity index (χ1v) is 19.0. The summed E-state index contributed by atoms with van der Waals surface area (Å²) in [6, 6.07) is 6.25. The number of carbonyl (C=O) groups is 2. The lowest BCUT2D eigenvalue weighted by Gasteiger charge is -2.25. The monoisotopic (exact) mass is 663 g/mol. The fourth-order valence-corrected chi connectivity index (χ4v) is 4.93. The lowest BCUT2D eigenvalue weighted by Crippen LogP contribution is -2.29. The third-order valence-corrected chi connectivity index (χ3v) is 8.21. The van der Waals surface area contributed by atoms with E-state index in [2.05, 4.69) is 83.8 Å². The molecule has 268 valence electrons. The molecule has 0 bridgehead atoms. The van der Waals surface area contributed by atoms with Gasteiger partial charge in [0.15, 0.2) is 11.6 Å². The summed E-state index contributed by atoms with van der Waals surface area (Å²) in [5.74, 6) is 0.490. The van der Waals surface area contributed by atoms with Crippen molar-refractivity contribution in [1.29, 1.82) is 0 Å². The van der Waals surface area contributed by atoms with Gasteiger partial charge in [0.2, 0.25) is 0 Å². The maximum atomic E-state index is 12.1. The summed E-state index contributed by atoms with van der Waals surface area (Å²) in [5.41, 5.74) is 6.64. The Bertz CT molecular complexity index is 988. The Kier molecular flexibility index (Phi) is 33.1. The van der Waals surface area contributed by atoms with Crippen LogP contribution < -0.4 is 10.2 Å². The van der Waals surface area contributed by atoms with Crippen molar-refractivity contribution in [1.82, 2.24) is 5.32 Å². The maximum Gasteiger partial charge on any atom is 0.160 e. The highest BCUT2D eigenvalue weighted by molar-refractivity contribution is 6.34. The molecule has 1 atom stereocenters. The molecular formula is C41H75ClN2O2. The van der Waals surface area contributed by atoms with E-state index in [0.717, 1.165) is 97.5 Å². The Balaban J connectivity index is -0.000000663. The van der Waals surface area contributed by atoms with Gasteiger partial charge in [-0.15, -0.1) is 0 Å². The zero-order chi connectivity index (χ0) is 36.1. The summed E-state index contributed by atoms with van der Waals surface area (Å²) in [5, 5.41) is 4.25. The van der Waals surface area contributed by atoms with Crippen molar-refractivity contribution in [3.63, 3.8) is 0 Å².